The van der Waals surface area contributed by atoms with Gasteiger partial charge in [-0.15, -0.1) is 0 Å². The summed E-state index contributed by atoms with van der Waals surface area (Å²) in [6.07, 6.45) is 0. The average molecular weight is 225 g/mol. The van der Waals surface area contributed by atoms with E-state index in [1.165, 1.54) is 6.92 Å². The van der Waals surface area contributed by atoms with Gasteiger partial charge in [-0.1, -0.05) is 18.2 Å². The first-order valence-corrected chi connectivity index (χ1v) is 4.96. The summed E-state index contributed by atoms with van der Waals surface area (Å²) in [5.74, 6) is 0.490. The third-order valence-electron chi connectivity index (χ3n) is 1.79. The van der Waals surface area contributed by atoms with E-state index in [0.29, 0.717) is 22.9 Å². The van der Waals surface area contributed by atoms with Crippen molar-refractivity contribution in [3.63, 3.8) is 0 Å². The van der Waals surface area contributed by atoms with Crippen LogP contribution in [0.5, 0.6) is 5.75 Å². The Morgan fingerprint density at radius 2 is 2.13 bits per heavy atom. The predicted octanol–water partition coefficient (Wildman–Crippen LogP) is 3.50. The quantitative estimate of drug-likeness (QED) is 0.578. The molecule has 1 aromatic carbocycles. The molecule has 0 N–H and O–H groups in total. The van der Waals surface area contributed by atoms with Crippen molar-refractivity contribution < 1.29 is 9.53 Å². The molecule has 0 unspecified atom stereocenters. The second-order valence-electron chi connectivity index (χ2n) is 3.44. The largest absolute Gasteiger partial charge is 0.489 e. The van der Waals surface area contributed by atoms with Crippen LogP contribution in [0.2, 0.25) is 5.02 Å². The summed E-state index contributed by atoms with van der Waals surface area (Å²) in [6, 6.07) is 5.00. The lowest BCUT2D eigenvalue weighted by molar-refractivity contribution is 0.101. The van der Waals surface area contributed by atoms with Gasteiger partial charge in [0.25, 0.3) is 0 Å². The summed E-state index contributed by atoms with van der Waals surface area (Å²) in [7, 11) is 0. The van der Waals surface area contributed by atoms with Crippen LogP contribution in [-0.4, -0.2) is 12.4 Å². The Morgan fingerprint density at radius 3 is 2.67 bits per heavy atom. The molecular weight excluding hydrogens is 212 g/mol. The maximum atomic E-state index is 11.3. The van der Waals surface area contributed by atoms with Gasteiger partial charge in [-0.05, 0) is 37.6 Å². The Kier molecular flexibility index (Phi) is 3.92. The molecule has 0 heterocycles. The minimum absolute atomic E-state index is 0.0609. The van der Waals surface area contributed by atoms with Gasteiger partial charge in [0.1, 0.15) is 12.4 Å². The zero-order valence-corrected chi connectivity index (χ0v) is 9.60. The van der Waals surface area contributed by atoms with Crippen LogP contribution < -0.4 is 4.74 Å². The topological polar surface area (TPSA) is 26.3 Å². The van der Waals surface area contributed by atoms with Gasteiger partial charge in [-0.2, -0.15) is 0 Å². The molecule has 1 rings (SSSR count). The highest BCUT2D eigenvalue weighted by atomic mass is 35.5. The molecule has 0 bridgehead atoms. The highest BCUT2D eigenvalue weighted by Crippen LogP contribution is 2.23. The van der Waals surface area contributed by atoms with Gasteiger partial charge in [0.2, 0.25) is 0 Å². The van der Waals surface area contributed by atoms with Gasteiger partial charge in [-0.3, -0.25) is 4.79 Å². The van der Waals surface area contributed by atoms with Gasteiger partial charge in [-0.25, -0.2) is 0 Å². The fraction of sp³-hybridized carbons (Fsp3) is 0.250. The van der Waals surface area contributed by atoms with Crippen LogP contribution in [0.1, 0.15) is 24.2 Å². The van der Waals surface area contributed by atoms with Gasteiger partial charge in [0, 0.05) is 5.02 Å². The summed E-state index contributed by atoms with van der Waals surface area (Å²) < 4.78 is 5.44. The first-order chi connectivity index (χ1) is 7.00. The van der Waals surface area contributed by atoms with Crippen LogP contribution in [-0.2, 0) is 0 Å². The molecule has 0 radical (unpaired) electrons. The molecule has 0 aromatic heterocycles. The van der Waals surface area contributed by atoms with Gasteiger partial charge >= 0.3 is 0 Å². The number of carbonyl (C=O) groups is 1. The smallest absolute Gasteiger partial charge is 0.163 e. The van der Waals surface area contributed by atoms with Crippen LogP contribution in [0.25, 0.3) is 0 Å². The Balaban J connectivity index is 2.95. The van der Waals surface area contributed by atoms with Crippen LogP contribution in [0.15, 0.2) is 30.4 Å². The molecule has 80 valence electrons. The molecule has 3 heteroatoms. The molecule has 0 spiro atoms. The van der Waals surface area contributed by atoms with Crippen molar-refractivity contribution in [3.8, 4) is 5.75 Å². The Hall–Kier alpha value is -1.28. The molecule has 0 fully saturated rings. The van der Waals surface area contributed by atoms with E-state index in [9.17, 15) is 4.79 Å². The van der Waals surface area contributed by atoms with Gasteiger partial charge < -0.3 is 4.74 Å². The summed E-state index contributed by atoms with van der Waals surface area (Å²) in [4.78, 5) is 11.3. The summed E-state index contributed by atoms with van der Waals surface area (Å²) in [5, 5.41) is 0.530. The van der Waals surface area contributed by atoms with Crippen LogP contribution in [0, 0.1) is 0 Å². The molecular formula is C12H13ClO2. The van der Waals surface area contributed by atoms with Gasteiger partial charge in [0.05, 0.1) is 5.56 Å². The minimum atomic E-state index is -0.0609. The van der Waals surface area contributed by atoms with E-state index in [0.717, 1.165) is 5.57 Å². The van der Waals surface area contributed by atoms with Gasteiger partial charge in [0.15, 0.2) is 5.78 Å². The molecule has 0 amide bonds. The van der Waals surface area contributed by atoms with Crippen molar-refractivity contribution in [2.24, 2.45) is 0 Å². The molecule has 0 atom stereocenters. The standard InChI is InChI=1S/C12H13ClO2/c1-8(2)7-15-12-5-4-10(13)6-11(12)9(3)14/h4-6H,1,7H2,2-3H3. The first kappa shape index (κ1) is 11.8. The lowest BCUT2D eigenvalue weighted by Gasteiger charge is -2.09. The zero-order valence-electron chi connectivity index (χ0n) is 8.84. The molecule has 1 aromatic rings. The number of benzene rings is 1. The summed E-state index contributed by atoms with van der Waals surface area (Å²) in [5.41, 5.74) is 1.41. The summed E-state index contributed by atoms with van der Waals surface area (Å²) >= 11 is 5.80. The van der Waals surface area contributed by atoms with E-state index in [-0.39, 0.29) is 5.78 Å². The SMILES string of the molecule is C=C(C)COc1ccc(Cl)cc1C(C)=O. The van der Waals surface area contributed by atoms with Crippen molar-refractivity contribution in [1.82, 2.24) is 0 Å². The maximum Gasteiger partial charge on any atom is 0.163 e. The molecule has 0 saturated carbocycles. The van der Waals surface area contributed by atoms with Crippen LogP contribution >= 0.6 is 11.6 Å². The number of ketones is 1. The van der Waals surface area contributed by atoms with E-state index in [1.807, 2.05) is 6.92 Å². The van der Waals surface area contributed by atoms with Crippen molar-refractivity contribution >= 4 is 17.4 Å². The molecule has 0 aliphatic rings. The van der Waals surface area contributed by atoms with Crippen LogP contribution in [0.3, 0.4) is 0 Å². The highest BCUT2D eigenvalue weighted by Gasteiger charge is 2.08. The number of hydrogen-bond donors (Lipinski definition) is 0. The molecule has 0 saturated heterocycles. The normalized spacial score (nSPS) is 9.80. The summed E-state index contributed by atoms with van der Waals surface area (Å²) in [6.45, 7) is 7.48. The fourth-order valence-corrected chi connectivity index (χ4v) is 1.28. The predicted molar refractivity (Wildman–Crippen MR) is 61.8 cm³/mol. The number of carbonyl (C=O) groups excluding carboxylic acids is 1. The zero-order chi connectivity index (χ0) is 11.4. The lowest BCUT2D eigenvalue weighted by atomic mass is 10.1. The third-order valence-corrected chi connectivity index (χ3v) is 2.03. The van der Waals surface area contributed by atoms with Crippen molar-refractivity contribution in [2.45, 2.75) is 13.8 Å². The molecule has 2 nitrogen and oxygen atoms in total. The number of hydrogen-bond acceptors (Lipinski definition) is 2. The lowest BCUT2D eigenvalue weighted by Crippen LogP contribution is -2.03. The Bertz CT molecular complexity index is 397. The maximum absolute atomic E-state index is 11.3. The van der Waals surface area contributed by atoms with E-state index >= 15 is 0 Å². The highest BCUT2D eigenvalue weighted by molar-refractivity contribution is 6.31. The second-order valence-corrected chi connectivity index (χ2v) is 3.88. The van der Waals surface area contributed by atoms with E-state index < -0.39 is 0 Å². The third kappa shape index (κ3) is 3.40. The Morgan fingerprint density at radius 1 is 1.47 bits per heavy atom. The monoisotopic (exact) mass is 224 g/mol. The number of Topliss-reactive ketones (excluding diaryl/α,β-unsaturated/α-hetero) is 1. The van der Waals surface area contributed by atoms with E-state index in [4.69, 9.17) is 16.3 Å². The molecule has 0 aliphatic carbocycles. The minimum Gasteiger partial charge on any atom is -0.489 e. The van der Waals surface area contributed by atoms with Crippen molar-refractivity contribution in [1.29, 1.82) is 0 Å². The van der Waals surface area contributed by atoms with Crippen molar-refractivity contribution in [3.05, 3.63) is 40.9 Å². The van der Waals surface area contributed by atoms with E-state index in [1.54, 1.807) is 18.2 Å². The molecule has 15 heavy (non-hydrogen) atoms. The Labute approximate surface area is 94.5 Å². The fourth-order valence-electron chi connectivity index (χ4n) is 1.10. The first-order valence-electron chi connectivity index (χ1n) is 4.58. The number of halogens is 1. The second kappa shape index (κ2) is 4.99. The van der Waals surface area contributed by atoms with Crippen molar-refractivity contribution in [2.75, 3.05) is 6.61 Å². The number of rotatable bonds is 4. The van der Waals surface area contributed by atoms with E-state index in [2.05, 4.69) is 6.58 Å². The number of ether oxygens (including phenoxy) is 1. The molecule has 0 aliphatic heterocycles. The average Bonchev–Trinajstić information content (AvgIpc) is 2.15. The van der Waals surface area contributed by atoms with Crippen LogP contribution in [0.4, 0.5) is 0 Å².